The predicted octanol–water partition coefficient (Wildman–Crippen LogP) is 3.69. The smallest absolute Gasteiger partial charge is 0.262 e. The summed E-state index contributed by atoms with van der Waals surface area (Å²) in [6.45, 7) is 7.13. The van der Waals surface area contributed by atoms with Crippen LogP contribution in [0.25, 0.3) is 10.2 Å². The van der Waals surface area contributed by atoms with E-state index in [-0.39, 0.29) is 5.56 Å². The topological polar surface area (TPSA) is 34.9 Å². The van der Waals surface area contributed by atoms with Crippen LogP contribution >= 0.6 is 11.3 Å². The van der Waals surface area contributed by atoms with Gasteiger partial charge in [-0.05, 0) is 50.5 Å². The second-order valence-electron chi connectivity index (χ2n) is 6.19. The molecule has 1 aliphatic rings. The van der Waals surface area contributed by atoms with Gasteiger partial charge in [0.25, 0.3) is 5.56 Å². The van der Waals surface area contributed by atoms with E-state index in [2.05, 4.69) is 13.8 Å². The second-order valence-corrected chi connectivity index (χ2v) is 7.27. The highest BCUT2D eigenvalue weighted by molar-refractivity contribution is 7.18. The summed E-state index contributed by atoms with van der Waals surface area (Å²) in [5.41, 5.74) is 1.49. The van der Waals surface area contributed by atoms with Gasteiger partial charge in [0.1, 0.15) is 10.7 Å². The van der Waals surface area contributed by atoms with E-state index in [1.54, 1.807) is 11.3 Å². The number of rotatable bonds is 3. The molecule has 20 heavy (non-hydrogen) atoms. The van der Waals surface area contributed by atoms with Gasteiger partial charge in [-0.2, -0.15) is 0 Å². The van der Waals surface area contributed by atoms with E-state index in [0.717, 1.165) is 41.8 Å². The van der Waals surface area contributed by atoms with Gasteiger partial charge in [0.2, 0.25) is 0 Å². The van der Waals surface area contributed by atoms with Crippen LogP contribution in [0.5, 0.6) is 0 Å². The standard InChI is InChI=1S/C16H22N2OS/c1-10(2)8-9-18-11(3)17-15-14(16(18)19)12-6-4-5-7-13(12)20-15/h10H,4-9H2,1-3H3. The number of aryl methyl sites for hydroxylation is 3. The van der Waals surface area contributed by atoms with E-state index in [0.29, 0.717) is 5.92 Å². The molecule has 1 aliphatic carbocycles. The highest BCUT2D eigenvalue weighted by atomic mass is 32.1. The molecule has 0 bridgehead atoms. The van der Waals surface area contributed by atoms with Gasteiger partial charge >= 0.3 is 0 Å². The van der Waals surface area contributed by atoms with Crippen LogP contribution in [-0.2, 0) is 19.4 Å². The molecule has 0 saturated heterocycles. The molecule has 2 aromatic rings. The molecule has 0 spiro atoms. The van der Waals surface area contributed by atoms with Gasteiger partial charge in [-0.25, -0.2) is 4.98 Å². The van der Waals surface area contributed by atoms with Gasteiger partial charge in [0.05, 0.1) is 5.39 Å². The average molecular weight is 290 g/mol. The van der Waals surface area contributed by atoms with Crippen LogP contribution in [0.1, 0.15) is 49.4 Å². The van der Waals surface area contributed by atoms with Gasteiger partial charge in [0, 0.05) is 11.4 Å². The fourth-order valence-corrected chi connectivity index (χ4v) is 4.29. The first-order valence-electron chi connectivity index (χ1n) is 7.59. The summed E-state index contributed by atoms with van der Waals surface area (Å²) >= 11 is 1.74. The van der Waals surface area contributed by atoms with E-state index >= 15 is 0 Å². The van der Waals surface area contributed by atoms with E-state index in [1.165, 1.54) is 23.3 Å². The monoisotopic (exact) mass is 290 g/mol. The lowest BCUT2D eigenvalue weighted by Crippen LogP contribution is -2.25. The summed E-state index contributed by atoms with van der Waals surface area (Å²) in [5.74, 6) is 1.47. The number of aromatic nitrogens is 2. The maximum Gasteiger partial charge on any atom is 0.262 e. The highest BCUT2D eigenvalue weighted by Crippen LogP contribution is 2.33. The summed E-state index contributed by atoms with van der Waals surface area (Å²) in [7, 11) is 0. The number of fused-ring (bicyclic) bond motifs is 3. The molecule has 0 N–H and O–H groups in total. The lowest BCUT2D eigenvalue weighted by molar-refractivity contribution is 0.498. The van der Waals surface area contributed by atoms with Crippen molar-refractivity contribution >= 4 is 21.6 Å². The van der Waals surface area contributed by atoms with Gasteiger partial charge in [-0.1, -0.05) is 13.8 Å². The first-order chi connectivity index (χ1) is 9.58. The van der Waals surface area contributed by atoms with Crippen LogP contribution in [0.4, 0.5) is 0 Å². The number of hydrogen-bond donors (Lipinski definition) is 0. The molecule has 0 saturated carbocycles. The van der Waals surface area contributed by atoms with Crippen LogP contribution in [0.3, 0.4) is 0 Å². The third kappa shape index (κ3) is 2.30. The quantitative estimate of drug-likeness (QED) is 0.864. The molecular weight excluding hydrogens is 268 g/mol. The highest BCUT2D eigenvalue weighted by Gasteiger charge is 2.20. The van der Waals surface area contributed by atoms with Gasteiger partial charge < -0.3 is 0 Å². The molecule has 4 heteroatoms. The SMILES string of the molecule is Cc1nc2sc3c(c2c(=O)n1CCC(C)C)CCCC3. The Hall–Kier alpha value is -1.16. The Balaban J connectivity index is 2.15. The average Bonchev–Trinajstić information content (AvgIpc) is 2.75. The lowest BCUT2D eigenvalue weighted by atomic mass is 9.97. The summed E-state index contributed by atoms with van der Waals surface area (Å²) in [4.78, 5) is 19.9. The molecule has 0 atom stereocenters. The van der Waals surface area contributed by atoms with Crippen LogP contribution in [-0.4, -0.2) is 9.55 Å². The number of hydrogen-bond acceptors (Lipinski definition) is 3. The Labute approximate surface area is 123 Å². The van der Waals surface area contributed by atoms with Crippen molar-refractivity contribution in [2.75, 3.05) is 0 Å². The minimum atomic E-state index is 0.188. The van der Waals surface area contributed by atoms with Crippen LogP contribution in [0.15, 0.2) is 4.79 Å². The van der Waals surface area contributed by atoms with Crippen molar-refractivity contribution in [1.29, 1.82) is 0 Å². The Bertz CT molecular complexity index is 697. The largest absolute Gasteiger partial charge is 0.296 e. The molecule has 2 aromatic heterocycles. The van der Waals surface area contributed by atoms with Crippen molar-refractivity contribution in [2.45, 2.75) is 59.4 Å². The molecule has 3 nitrogen and oxygen atoms in total. The summed E-state index contributed by atoms with van der Waals surface area (Å²) < 4.78 is 1.88. The molecule has 0 fully saturated rings. The zero-order valence-electron chi connectivity index (χ0n) is 12.5. The number of thiophene rings is 1. The summed E-state index contributed by atoms with van der Waals surface area (Å²) in [5, 5.41) is 0.916. The van der Waals surface area contributed by atoms with Crippen molar-refractivity contribution in [1.82, 2.24) is 9.55 Å². The summed E-state index contributed by atoms with van der Waals surface area (Å²) in [6, 6.07) is 0. The van der Waals surface area contributed by atoms with Gasteiger partial charge in [0.15, 0.2) is 0 Å². The summed E-state index contributed by atoms with van der Waals surface area (Å²) in [6.07, 6.45) is 5.67. The van der Waals surface area contributed by atoms with E-state index in [9.17, 15) is 4.79 Å². The molecule has 2 heterocycles. The van der Waals surface area contributed by atoms with Crippen molar-refractivity contribution < 1.29 is 0 Å². The third-order valence-electron chi connectivity index (χ3n) is 4.20. The maximum atomic E-state index is 12.8. The molecule has 108 valence electrons. The maximum absolute atomic E-state index is 12.8. The fraction of sp³-hybridized carbons (Fsp3) is 0.625. The van der Waals surface area contributed by atoms with Crippen LogP contribution in [0, 0.1) is 12.8 Å². The van der Waals surface area contributed by atoms with Crippen LogP contribution in [0.2, 0.25) is 0 Å². The number of nitrogens with zero attached hydrogens (tertiary/aromatic N) is 2. The van der Waals surface area contributed by atoms with Gasteiger partial charge in [-0.15, -0.1) is 11.3 Å². The Morgan fingerprint density at radius 2 is 2.05 bits per heavy atom. The Morgan fingerprint density at radius 1 is 1.30 bits per heavy atom. The first-order valence-corrected chi connectivity index (χ1v) is 8.41. The predicted molar refractivity (Wildman–Crippen MR) is 84.7 cm³/mol. The van der Waals surface area contributed by atoms with Crippen molar-refractivity contribution in [3.05, 3.63) is 26.6 Å². The first kappa shape index (κ1) is 13.8. The molecule has 0 amide bonds. The molecular formula is C16H22N2OS. The molecule has 0 radical (unpaired) electrons. The van der Waals surface area contributed by atoms with Gasteiger partial charge in [-0.3, -0.25) is 9.36 Å². The fourth-order valence-electron chi connectivity index (χ4n) is 2.99. The minimum absolute atomic E-state index is 0.188. The lowest BCUT2D eigenvalue weighted by Gasteiger charge is -2.12. The van der Waals surface area contributed by atoms with E-state index in [4.69, 9.17) is 4.98 Å². The normalized spacial score (nSPS) is 15.0. The van der Waals surface area contributed by atoms with Crippen molar-refractivity contribution in [2.24, 2.45) is 5.92 Å². The third-order valence-corrected chi connectivity index (χ3v) is 5.38. The minimum Gasteiger partial charge on any atom is -0.296 e. The van der Waals surface area contributed by atoms with E-state index < -0.39 is 0 Å². The second kappa shape index (κ2) is 5.32. The zero-order chi connectivity index (χ0) is 14.3. The van der Waals surface area contributed by atoms with Crippen molar-refractivity contribution in [3.63, 3.8) is 0 Å². The Morgan fingerprint density at radius 3 is 2.80 bits per heavy atom. The molecule has 0 aliphatic heterocycles. The van der Waals surface area contributed by atoms with Crippen molar-refractivity contribution in [3.8, 4) is 0 Å². The molecule has 0 unspecified atom stereocenters. The molecule has 0 aromatic carbocycles. The van der Waals surface area contributed by atoms with Crippen LogP contribution < -0.4 is 5.56 Å². The Kier molecular flexibility index (Phi) is 3.67. The van der Waals surface area contributed by atoms with E-state index in [1.807, 2.05) is 11.5 Å². The molecule has 3 rings (SSSR count). The zero-order valence-corrected chi connectivity index (χ0v) is 13.3.